The molecule has 1 amide bonds. The number of amidine groups is 1. The number of hydrogen-bond donors (Lipinski definition) is 1. The summed E-state index contributed by atoms with van der Waals surface area (Å²) in [6.07, 6.45) is 0. The van der Waals surface area contributed by atoms with Crippen LogP contribution in [0.2, 0.25) is 0 Å². The fourth-order valence-corrected chi connectivity index (χ4v) is 3.99. The maximum Gasteiger partial charge on any atom is 0.239 e. The average molecular weight is 318 g/mol. The average Bonchev–Trinajstić information content (AvgIpc) is 2.95. The highest BCUT2D eigenvalue weighted by atomic mass is 32.2. The Labute approximate surface area is 135 Å². The normalized spacial score (nSPS) is 24.1. The van der Waals surface area contributed by atoms with Gasteiger partial charge in [0.15, 0.2) is 5.17 Å². The lowest BCUT2D eigenvalue weighted by molar-refractivity contribution is -0.124. The number of primary amides is 1. The van der Waals surface area contributed by atoms with E-state index in [2.05, 4.69) is 21.7 Å². The molecule has 118 valence electrons. The highest BCUT2D eigenvalue weighted by molar-refractivity contribution is 8.14. The second kappa shape index (κ2) is 6.71. The number of rotatable bonds is 3. The summed E-state index contributed by atoms with van der Waals surface area (Å²) in [5.41, 5.74) is 6.63. The molecule has 1 saturated heterocycles. The third-order valence-electron chi connectivity index (χ3n) is 4.12. The first kappa shape index (κ1) is 15.4. The summed E-state index contributed by atoms with van der Waals surface area (Å²) < 4.78 is 0. The smallest absolute Gasteiger partial charge is 0.239 e. The molecular formula is C16H22N4OS. The molecule has 2 aliphatic heterocycles. The van der Waals surface area contributed by atoms with Crippen molar-refractivity contribution in [1.29, 1.82) is 0 Å². The minimum atomic E-state index is -0.333. The second-order valence-corrected chi connectivity index (χ2v) is 7.20. The Balaban J connectivity index is 1.65. The van der Waals surface area contributed by atoms with E-state index in [1.165, 1.54) is 0 Å². The van der Waals surface area contributed by atoms with Crippen molar-refractivity contribution in [3.63, 3.8) is 0 Å². The van der Waals surface area contributed by atoms with Crippen molar-refractivity contribution in [3.05, 3.63) is 35.9 Å². The summed E-state index contributed by atoms with van der Waals surface area (Å²) in [6, 6.07) is 9.47. The van der Waals surface area contributed by atoms with Crippen molar-refractivity contribution in [1.82, 2.24) is 9.80 Å². The molecule has 2 heterocycles. The van der Waals surface area contributed by atoms with Gasteiger partial charge in [-0.3, -0.25) is 14.7 Å². The van der Waals surface area contributed by atoms with E-state index < -0.39 is 0 Å². The van der Waals surface area contributed by atoms with Crippen LogP contribution in [-0.2, 0) is 4.79 Å². The van der Waals surface area contributed by atoms with Gasteiger partial charge >= 0.3 is 0 Å². The van der Waals surface area contributed by atoms with Gasteiger partial charge < -0.3 is 10.6 Å². The SMILES string of the molecule is C[C@@H]1CN=C(N2CCN([C@@H](C(N)=O)c3ccccc3)CC2)S1. The molecule has 22 heavy (non-hydrogen) atoms. The molecule has 3 rings (SSSR count). The molecule has 0 saturated carbocycles. The number of benzene rings is 1. The Bertz CT molecular complexity index is 555. The predicted molar refractivity (Wildman–Crippen MR) is 90.9 cm³/mol. The number of nitrogens with two attached hydrogens (primary N) is 1. The van der Waals surface area contributed by atoms with Crippen LogP contribution in [0.4, 0.5) is 0 Å². The van der Waals surface area contributed by atoms with Gasteiger partial charge in [0.25, 0.3) is 0 Å². The molecule has 6 heteroatoms. The molecule has 0 unspecified atom stereocenters. The molecule has 2 atom stereocenters. The van der Waals surface area contributed by atoms with Gasteiger partial charge in [-0.25, -0.2) is 0 Å². The maximum atomic E-state index is 11.9. The third-order valence-corrected chi connectivity index (χ3v) is 5.27. The summed E-state index contributed by atoms with van der Waals surface area (Å²) in [5.74, 6) is -0.277. The van der Waals surface area contributed by atoms with Gasteiger partial charge in [0.05, 0.1) is 6.54 Å². The monoisotopic (exact) mass is 318 g/mol. The van der Waals surface area contributed by atoms with Crippen LogP contribution in [0.5, 0.6) is 0 Å². The van der Waals surface area contributed by atoms with E-state index in [0.717, 1.165) is 43.5 Å². The predicted octanol–water partition coefficient (Wildman–Crippen LogP) is 1.32. The van der Waals surface area contributed by atoms with Crippen LogP contribution in [0, 0.1) is 0 Å². The number of hydrogen-bond acceptors (Lipinski definition) is 5. The maximum absolute atomic E-state index is 11.9. The molecule has 0 aliphatic carbocycles. The zero-order valence-electron chi connectivity index (χ0n) is 12.8. The Hall–Kier alpha value is -1.53. The fraction of sp³-hybridized carbons (Fsp3) is 0.500. The van der Waals surface area contributed by atoms with E-state index >= 15 is 0 Å². The van der Waals surface area contributed by atoms with E-state index in [9.17, 15) is 4.79 Å². The number of aliphatic imine (C=N–C) groups is 1. The van der Waals surface area contributed by atoms with Crippen LogP contribution in [0.3, 0.4) is 0 Å². The quantitative estimate of drug-likeness (QED) is 0.913. The van der Waals surface area contributed by atoms with Crippen LogP contribution in [0.25, 0.3) is 0 Å². The summed E-state index contributed by atoms with van der Waals surface area (Å²) in [4.78, 5) is 21.0. The minimum Gasteiger partial charge on any atom is -0.368 e. The standard InChI is InChI=1S/C16H22N4OS/c1-12-11-18-16(22-12)20-9-7-19(8-10-20)14(15(17)21)13-5-3-2-4-6-13/h2-6,12,14H,7-11H2,1H3,(H2,17,21)/t12-,14-/m1/s1. The summed E-state index contributed by atoms with van der Waals surface area (Å²) in [7, 11) is 0. The van der Waals surface area contributed by atoms with Crippen LogP contribution in [0.1, 0.15) is 18.5 Å². The van der Waals surface area contributed by atoms with Crippen molar-refractivity contribution in [3.8, 4) is 0 Å². The molecule has 1 fully saturated rings. The molecule has 0 bridgehead atoms. The topological polar surface area (TPSA) is 61.9 Å². The number of nitrogens with zero attached hydrogens (tertiary/aromatic N) is 3. The highest BCUT2D eigenvalue weighted by Crippen LogP contribution is 2.26. The first-order chi connectivity index (χ1) is 10.6. The second-order valence-electron chi connectivity index (χ2n) is 5.79. The molecule has 0 spiro atoms. The number of amides is 1. The summed E-state index contributed by atoms with van der Waals surface area (Å²) in [6.45, 7) is 6.57. The largest absolute Gasteiger partial charge is 0.368 e. The van der Waals surface area contributed by atoms with Gasteiger partial charge in [-0.15, -0.1) is 0 Å². The zero-order valence-corrected chi connectivity index (χ0v) is 13.6. The van der Waals surface area contributed by atoms with E-state index in [1.807, 2.05) is 42.1 Å². The lowest BCUT2D eigenvalue weighted by Gasteiger charge is -2.38. The Morgan fingerprint density at radius 1 is 1.27 bits per heavy atom. The first-order valence-electron chi connectivity index (χ1n) is 7.69. The number of thioether (sulfide) groups is 1. The Kier molecular flexibility index (Phi) is 4.69. The third kappa shape index (κ3) is 3.28. The van der Waals surface area contributed by atoms with E-state index in [0.29, 0.717) is 5.25 Å². The van der Waals surface area contributed by atoms with E-state index in [4.69, 9.17) is 5.73 Å². The minimum absolute atomic E-state index is 0.277. The Morgan fingerprint density at radius 3 is 2.50 bits per heavy atom. The van der Waals surface area contributed by atoms with Crippen molar-refractivity contribution in [2.75, 3.05) is 32.7 Å². The fourth-order valence-electron chi connectivity index (χ4n) is 3.00. The van der Waals surface area contributed by atoms with Crippen molar-refractivity contribution in [2.24, 2.45) is 10.7 Å². The zero-order chi connectivity index (χ0) is 15.5. The van der Waals surface area contributed by atoms with Crippen molar-refractivity contribution >= 4 is 22.8 Å². The molecule has 1 aromatic carbocycles. The van der Waals surface area contributed by atoms with Gasteiger partial charge in [-0.1, -0.05) is 49.0 Å². The van der Waals surface area contributed by atoms with Crippen molar-refractivity contribution in [2.45, 2.75) is 18.2 Å². The molecule has 0 radical (unpaired) electrons. The molecular weight excluding hydrogens is 296 g/mol. The van der Waals surface area contributed by atoms with Gasteiger partial charge in [0.1, 0.15) is 6.04 Å². The molecule has 2 aliphatic rings. The van der Waals surface area contributed by atoms with Crippen LogP contribution < -0.4 is 5.73 Å². The van der Waals surface area contributed by atoms with Crippen LogP contribution in [0.15, 0.2) is 35.3 Å². The van der Waals surface area contributed by atoms with Crippen LogP contribution >= 0.6 is 11.8 Å². The summed E-state index contributed by atoms with van der Waals surface area (Å²) in [5, 5.41) is 1.73. The van der Waals surface area contributed by atoms with Gasteiger partial charge in [0, 0.05) is 31.4 Å². The van der Waals surface area contributed by atoms with Crippen LogP contribution in [-0.4, -0.2) is 58.8 Å². The lowest BCUT2D eigenvalue weighted by atomic mass is 10.0. The molecule has 2 N–H and O–H groups in total. The molecule has 1 aromatic rings. The molecule has 5 nitrogen and oxygen atoms in total. The number of carbonyl (C=O) groups is 1. The van der Waals surface area contributed by atoms with Gasteiger partial charge in [-0.05, 0) is 5.56 Å². The lowest BCUT2D eigenvalue weighted by Crippen LogP contribution is -2.51. The van der Waals surface area contributed by atoms with E-state index in [-0.39, 0.29) is 11.9 Å². The number of piperazine rings is 1. The van der Waals surface area contributed by atoms with Gasteiger partial charge in [-0.2, -0.15) is 0 Å². The summed E-state index contributed by atoms with van der Waals surface area (Å²) >= 11 is 1.85. The van der Waals surface area contributed by atoms with Crippen molar-refractivity contribution < 1.29 is 4.79 Å². The Morgan fingerprint density at radius 2 is 1.95 bits per heavy atom. The molecule has 0 aromatic heterocycles. The first-order valence-corrected chi connectivity index (χ1v) is 8.57. The van der Waals surface area contributed by atoms with Gasteiger partial charge in [0.2, 0.25) is 5.91 Å². The highest BCUT2D eigenvalue weighted by Gasteiger charge is 2.31. The number of carbonyl (C=O) groups excluding carboxylic acids is 1. The van der Waals surface area contributed by atoms with E-state index in [1.54, 1.807) is 0 Å².